The molecule has 4 nitrogen and oxygen atoms in total. The second-order valence-electron chi connectivity index (χ2n) is 1.68. The van der Waals surface area contributed by atoms with Gasteiger partial charge in [-0.05, 0) is 6.07 Å². The van der Waals surface area contributed by atoms with Crippen molar-refractivity contribution < 1.29 is 5.11 Å². The fourth-order valence-electron chi connectivity index (χ4n) is 0.564. The van der Waals surface area contributed by atoms with E-state index in [1.807, 2.05) is 6.07 Å². The monoisotopic (exact) mass is 135 g/mol. The highest BCUT2D eigenvalue weighted by molar-refractivity contribution is 5.08. The molecule has 1 aromatic rings. The third kappa shape index (κ3) is 1.42. The van der Waals surface area contributed by atoms with E-state index in [9.17, 15) is 0 Å². The second-order valence-corrected chi connectivity index (χ2v) is 1.68. The van der Waals surface area contributed by atoms with Crippen LogP contribution in [-0.2, 0) is 6.42 Å². The third-order valence-electron chi connectivity index (χ3n) is 0.961. The van der Waals surface area contributed by atoms with Crippen LogP contribution >= 0.6 is 0 Å². The number of hydrogen-bond donors (Lipinski definition) is 1. The van der Waals surface area contributed by atoms with Gasteiger partial charge in [0.1, 0.15) is 0 Å². The summed E-state index contributed by atoms with van der Waals surface area (Å²) in [7, 11) is 0. The number of nitrogens with zero attached hydrogens (tertiary/aromatic N) is 3. The van der Waals surface area contributed by atoms with Crippen molar-refractivity contribution >= 4 is 0 Å². The molecule has 1 heterocycles. The van der Waals surface area contributed by atoms with Crippen LogP contribution in [-0.4, -0.2) is 15.1 Å². The predicted molar refractivity (Wildman–Crippen MR) is 33.0 cm³/mol. The van der Waals surface area contributed by atoms with Crippen LogP contribution in [0.25, 0.3) is 0 Å². The minimum atomic E-state index is -0.284. The van der Waals surface area contributed by atoms with Crippen molar-refractivity contribution in [3.63, 3.8) is 0 Å². The molecule has 0 aliphatic carbocycles. The van der Waals surface area contributed by atoms with Gasteiger partial charge in [-0.15, -0.1) is 0 Å². The SMILES string of the molecule is N#CCc1ccnc(O)n1. The van der Waals surface area contributed by atoms with Gasteiger partial charge in [-0.25, -0.2) is 4.98 Å². The standard InChI is InChI=1S/C6H5N3O/c7-3-1-5-2-4-8-6(10)9-5/h2,4H,1H2,(H,8,9,10). The lowest BCUT2D eigenvalue weighted by atomic mass is 10.3. The van der Waals surface area contributed by atoms with Gasteiger partial charge in [0.05, 0.1) is 18.2 Å². The van der Waals surface area contributed by atoms with Crippen molar-refractivity contribution in [1.82, 2.24) is 9.97 Å². The smallest absolute Gasteiger partial charge is 0.314 e. The highest BCUT2D eigenvalue weighted by Gasteiger charge is 1.93. The first-order valence-corrected chi connectivity index (χ1v) is 2.71. The molecule has 1 N–H and O–H groups in total. The summed E-state index contributed by atoms with van der Waals surface area (Å²) in [4.78, 5) is 7.04. The van der Waals surface area contributed by atoms with Crippen LogP contribution in [0, 0.1) is 11.3 Å². The lowest BCUT2D eigenvalue weighted by molar-refractivity contribution is 0.428. The van der Waals surface area contributed by atoms with E-state index in [0.29, 0.717) is 5.69 Å². The maximum Gasteiger partial charge on any atom is 0.314 e. The van der Waals surface area contributed by atoms with Crippen molar-refractivity contribution in [3.8, 4) is 12.1 Å². The molecular weight excluding hydrogens is 130 g/mol. The first kappa shape index (κ1) is 6.49. The Bertz CT molecular complexity index is 266. The second kappa shape index (κ2) is 2.78. The topological polar surface area (TPSA) is 69.8 Å². The van der Waals surface area contributed by atoms with E-state index in [4.69, 9.17) is 10.4 Å². The molecule has 0 aromatic carbocycles. The Balaban J connectivity index is 2.87. The zero-order chi connectivity index (χ0) is 7.40. The summed E-state index contributed by atoms with van der Waals surface area (Å²) in [5.74, 6) is 0. The van der Waals surface area contributed by atoms with Gasteiger partial charge in [0.15, 0.2) is 0 Å². The molecule has 1 rings (SSSR count). The summed E-state index contributed by atoms with van der Waals surface area (Å²) in [5, 5.41) is 16.9. The minimum absolute atomic E-state index is 0.204. The van der Waals surface area contributed by atoms with Crippen LogP contribution < -0.4 is 0 Å². The number of nitriles is 1. The van der Waals surface area contributed by atoms with Crippen molar-refractivity contribution in [1.29, 1.82) is 5.26 Å². The summed E-state index contributed by atoms with van der Waals surface area (Å²) in [5.41, 5.74) is 0.537. The molecule has 0 bridgehead atoms. The molecule has 1 aromatic heterocycles. The molecule has 0 atom stereocenters. The van der Waals surface area contributed by atoms with Gasteiger partial charge in [0.25, 0.3) is 0 Å². The van der Waals surface area contributed by atoms with Crippen molar-refractivity contribution in [2.24, 2.45) is 0 Å². The molecule has 0 saturated heterocycles. The summed E-state index contributed by atoms with van der Waals surface area (Å²) in [6.45, 7) is 0. The van der Waals surface area contributed by atoms with E-state index in [-0.39, 0.29) is 12.4 Å². The Morgan fingerprint density at radius 3 is 3.10 bits per heavy atom. The van der Waals surface area contributed by atoms with Gasteiger partial charge >= 0.3 is 6.01 Å². The average Bonchev–Trinajstić information content (AvgIpc) is 1.88. The van der Waals surface area contributed by atoms with E-state index in [1.54, 1.807) is 6.07 Å². The molecule has 0 aliphatic heterocycles. The lowest BCUT2D eigenvalue weighted by Gasteiger charge is -1.91. The molecule has 0 amide bonds. The van der Waals surface area contributed by atoms with Gasteiger partial charge in [-0.1, -0.05) is 0 Å². The Kier molecular flexibility index (Phi) is 1.80. The maximum absolute atomic E-state index is 8.71. The lowest BCUT2D eigenvalue weighted by Crippen LogP contribution is -1.88. The summed E-state index contributed by atoms with van der Waals surface area (Å²) in [6, 6.07) is 3.21. The first-order valence-electron chi connectivity index (χ1n) is 2.71. The molecular formula is C6H5N3O. The van der Waals surface area contributed by atoms with E-state index in [2.05, 4.69) is 9.97 Å². The first-order chi connectivity index (χ1) is 4.83. The quantitative estimate of drug-likeness (QED) is 0.599. The Morgan fingerprint density at radius 1 is 1.70 bits per heavy atom. The van der Waals surface area contributed by atoms with Gasteiger partial charge in [0.2, 0.25) is 0 Å². The van der Waals surface area contributed by atoms with Crippen molar-refractivity contribution in [2.75, 3.05) is 0 Å². The molecule has 50 valence electrons. The zero-order valence-corrected chi connectivity index (χ0v) is 5.15. The van der Waals surface area contributed by atoms with E-state index >= 15 is 0 Å². The summed E-state index contributed by atoms with van der Waals surface area (Å²) >= 11 is 0. The Morgan fingerprint density at radius 2 is 2.50 bits per heavy atom. The van der Waals surface area contributed by atoms with Gasteiger partial charge in [-0.3, -0.25) is 0 Å². The Labute approximate surface area is 57.8 Å². The number of aromatic hydroxyl groups is 1. The number of hydrogen-bond acceptors (Lipinski definition) is 4. The van der Waals surface area contributed by atoms with E-state index in [1.165, 1.54) is 6.20 Å². The molecule has 0 radical (unpaired) electrons. The molecule has 10 heavy (non-hydrogen) atoms. The van der Waals surface area contributed by atoms with Crippen LogP contribution in [0.4, 0.5) is 0 Å². The van der Waals surface area contributed by atoms with Gasteiger partial charge in [0, 0.05) is 6.20 Å². The van der Waals surface area contributed by atoms with Crippen LogP contribution in [0.2, 0.25) is 0 Å². The zero-order valence-electron chi connectivity index (χ0n) is 5.15. The summed E-state index contributed by atoms with van der Waals surface area (Å²) in [6.07, 6.45) is 1.62. The van der Waals surface area contributed by atoms with Gasteiger partial charge < -0.3 is 5.11 Å². The van der Waals surface area contributed by atoms with Crippen molar-refractivity contribution in [2.45, 2.75) is 6.42 Å². The van der Waals surface area contributed by atoms with Crippen LogP contribution in [0.15, 0.2) is 12.3 Å². The molecule has 4 heteroatoms. The normalized spacial score (nSPS) is 8.70. The van der Waals surface area contributed by atoms with Gasteiger partial charge in [-0.2, -0.15) is 10.2 Å². The van der Waals surface area contributed by atoms with E-state index < -0.39 is 0 Å². The molecule has 0 aliphatic rings. The highest BCUT2D eigenvalue weighted by Crippen LogP contribution is 1.99. The number of rotatable bonds is 1. The highest BCUT2D eigenvalue weighted by atomic mass is 16.3. The maximum atomic E-state index is 8.71. The third-order valence-corrected chi connectivity index (χ3v) is 0.961. The largest absolute Gasteiger partial charge is 0.479 e. The molecule has 0 unspecified atom stereocenters. The minimum Gasteiger partial charge on any atom is -0.479 e. The predicted octanol–water partition coefficient (Wildman–Crippen LogP) is 0.248. The number of aromatic nitrogens is 2. The molecule has 0 fully saturated rings. The van der Waals surface area contributed by atoms with E-state index in [0.717, 1.165) is 0 Å². The molecule has 0 spiro atoms. The Hall–Kier alpha value is -1.63. The van der Waals surface area contributed by atoms with Crippen LogP contribution in [0.3, 0.4) is 0 Å². The molecule has 0 saturated carbocycles. The van der Waals surface area contributed by atoms with Crippen LogP contribution in [0.1, 0.15) is 5.69 Å². The van der Waals surface area contributed by atoms with Crippen LogP contribution in [0.5, 0.6) is 6.01 Å². The fraction of sp³-hybridized carbons (Fsp3) is 0.167. The summed E-state index contributed by atoms with van der Waals surface area (Å²) < 4.78 is 0. The fourth-order valence-corrected chi connectivity index (χ4v) is 0.564. The average molecular weight is 135 g/mol. The van der Waals surface area contributed by atoms with Crippen molar-refractivity contribution in [3.05, 3.63) is 18.0 Å².